The van der Waals surface area contributed by atoms with Crippen LogP contribution in [0.4, 0.5) is 0 Å². The average molecular weight is 354 g/mol. The van der Waals surface area contributed by atoms with Gasteiger partial charge in [-0.2, -0.15) is 0 Å². The van der Waals surface area contributed by atoms with E-state index in [1.54, 1.807) is 0 Å². The molecule has 2 aliphatic rings. The molecule has 26 heavy (non-hydrogen) atoms. The molecule has 2 unspecified atom stereocenters. The van der Waals surface area contributed by atoms with Gasteiger partial charge in [-0.1, -0.05) is 24.6 Å². The number of carbonyl (C=O) groups excluding carboxylic acids is 1. The number of hydrogen-bond donors (Lipinski definition) is 1. The van der Waals surface area contributed by atoms with Gasteiger partial charge in [-0.3, -0.25) is 4.79 Å². The molecule has 2 saturated heterocycles. The molecule has 4 heteroatoms. The van der Waals surface area contributed by atoms with Crippen LogP contribution in [0.5, 0.6) is 0 Å². The first-order valence-electron chi connectivity index (χ1n) is 10.3. The summed E-state index contributed by atoms with van der Waals surface area (Å²) in [5.74, 6) is 0.681. The molecule has 2 aliphatic heterocycles. The summed E-state index contributed by atoms with van der Waals surface area (Å²) in [4.78, 5) is 15.6. The molecule has 1 aromatic carbocycles. The first-order valence-corrected chi connectivity index (χ1v) is 10.3. The Morgan fingerprint density at radius 2 is 1.96 bits per heavy atom. The van der Waals surface area contributed by atoms with Crippen LogP contribution in [-0.4, -0.2) is 41.1 Å². The number of aromatic nitrogens is 1. The Kier molecular flexibility index (Phi) is 5.03. The highest BCUT2D eigenvalue weighted by Crippen LogP contribution is 2.31. The predicted octanol–water partition coefficient (Wildman–Crippen LogP) is 4.22. The highest BCUT2D eigenvalue weighted by molar-refractivity contribution is 6.07. The van der Waals surface area contributed by atoms with Gasteiger partial charge in [0.2, 0.25) is 0 Å². The summed E-state index contributed by atoms with van der Waals surface area (Å²) in [5.41, 5.74) is 1.95. The number of amides is 1. The summed E-state index contributed by atoms with van der Waals surface area (Å²) in [5, 5.41) is 4.32. The van der Waals surface area contributed by atoms with Gasteiger partial charge in [0, 0.05) is 35.7 Å². The van der Waals surface area contributed by atoms with Crippen molar-refractivity contribution in [3.05, 3.63) is 36.0 Å². The van der Waals surface area contributed by atoms with Gasteiger partial charge in [-0.15, -0.1) is 0 Å². The molecule has 140 valence electrons. The number of carbonyl (C=O) groups is 1. The molecule has 2 aromatic rings. The SMILES string of the molecule is CC(C)n1cc(C(=O)NCC2CCCN3CCCCC23)c2ccccc21. The fraction of sp³-hybridized carbons (Fsp3) is 0.591. The van der Waals surface area contributed by atoms with Crippen LogP contribution in [0.3, 0.4) is 0 Å². The third kappa shape index (κ3) is 3.27. The number of nitrogens with zero attached hydrogens (tertiary/aromatic N) is 2. The van der Waals surface area contributed by atoms with Crippen molar-refractivity contribution in [1.29, 1.82) is 0 Å². The van der Waals surface area contributed by atoms with Crippen LogP contribution in [0.25, 0.3) is 10.9 Å². The number of nitrogens with one attached hydrogen (secondary N) is 1. The van der Waals surface area contributed by atoms with Crippen LogP contribution in [0.15, 0.2) is 30.5 Å². The molecule has 2 fully saturated rings. The lowest BCUT2D eigenvalue weighted by molar-refractivity contribution is 0.0576. The fourth-order valence-corrected chi connectivity index (χ4v) is 4.95. The standard InChI is InChI=1S/C22H31N3O/c1-16(2)25-15-19(18-9-3-4-11-21(18)25)22(26)23-14-17-8-7-13-24-12-6-5-10-20(17)24/h3-4,9,11,15-17,20H,5-8,10,12-14H2,1-2H3,(H,23,26). The third-order valence-corrected chi connectivity index (χ3v) is 6.29. The van der Waals surface area contributed by atoms with E-state index in [1.807, 2.05) is 18.3 Å². The average Bonchev–Trinajstić information content (AvgIpc) is 3.06. The molecule has 0 aliphatic carbocycles. The summed E-state index contributed by atoms with van der Waals surface area (Å²) < 4.78 is 2.20. The van der Waals surface area contributed by atoms with E-state index in [9.17, 15) is 4.79 Å². The largest absolute Gasteiger partial charge is 0.352 e. The highest BCUT2D eigenvalue weighted by atomic mass is 16.1. The van der Waals surface area contributed by atoms with Crippen LogP contribution in [-0.2, 0) is 0 Å². The third-order valence-electron chi connectivity index (χ3n) is 6.29. The second-order valence-electron chi connectivity index (χ2n) is 8.27. The Morgan fingerprint density at radius 3 is 2.81 bits per heavy atom. The summed E-state index contributed by atoms with van der Waals surface area (Å²) in [6, 6.07) is 9.25. The van der Waals surface area contributed by atoms with Crippen LogP contribution in [0.1, 0.15) is 62.4 Å². The number of piperidine rings is 2. The van der Waals surface area contributed by atoms with E-state index in [0.29, 0.717) is 18.0 Å². The molecule has 4 nitrogen and oxygen atoms in total. The Hall–Kier alpha value is -1.81. The van der Waals surface area contributed by atoms with Gasteiger partial charge in [0.1, 0.15) is 0 Å². The maximum absolute atomic E-state index is 13.0. The van der Waals surface area contributed by atoms with Gasteiger partial charge in [0.25, 0.3) is 5.91 Å². The number of hydrogen-bond acceptors (Lipinski definition) is 2. The predicted molar refractivity (Wildman–Crippen MR) is 107 cm³/mol. The van der Waals surface area contributed by atoms with E-state index in [2.05, 4.69) is 40.8 Å². The Balaban J connectivity index is 1.49. The maximum atomic E-state index is 13.0. The Labute approximate surface area is 156 Å². The van der Waals surface area contributed by atoms with Crippen LogP contribution < -0.4 is 5.32 Å². The lowest BCUT2D eigenvalue weighted by Gasteiger charge is -2.44. The van der Waals surface area contributed by atoms with E-state index < -0.39 is 0 Å². The van der Waals surface area contributed by atoms with Crippen molar-refractivity contribution in [3.8, 4) is 0 Å². The van der Waals surface area contributed by atoms with Crippen LogP contribution >= 0.6 is 0 Å². The van der Waals surface area contributed by atoms with E-state index in [-0.39, 0.29) is 5.91 Å². The molecule has 0 saturated carbocycles. The fourth-order valence-electron chi connectivity index (χ4n) is 4.95. The normalized spacial score (nSPS) is 24.0. The maximum Gasteiger partial charge on any atom is 0.253 e. The highest BCUT2D eigenvalue weighted by Gasteiger charge is 2.33. The molecule has 4 rings (SSSR count). The van der Waals surface area contributed by atoms with Crippen molar-refractivity contribution in [2.45, 2.75) is 58.0 Å². The zero-order valence-corrected chi connectivity index (χ0v) is 16.1. The minimum Gasteiger partial charge on any atom is -0.352 e. The van der Waals surface area contributed by atoms with Gasteiger partial charge >= 0.3 is 0 Å². The second kappa shape index (κ2) is 7.43. The summed E-state index contributed by atoms with van der Waals surface area (Å²) in [6.45, 7) is 7.62. The van der Waals surface area contributed by atoms with Gasteiger partial charge in [0.05, 0.1) is 5.56 Å². The van der Waals surface area contributed by atoms with Crippen molar-refractivity contribution >= 4 is 16.8 Å². The summed E-state index contributed by atoms with van der Waals surface area (Å²) >= 11 is 0. The molecular formula is C22H31N3O. The molecule has 0 spiro atoms. The topological polar surface area (TPSA) is 37.3 Å². The van der Waals surface area contributed by atoms with Gasteiger partial charge in [-0.25, -0.2) is 0 Å². The van der Waals surface area contributed by atoms with Gasteiger partial charge in [-0.05, 0) is 64.6 Å². The molecule has 1 aromatic heterocycles. The first kappa shape index (κ1) is 17.6. The van der Waals surface area contributed by atoms with Crippen molar-refractivity contribution in [3.63, 3.8) is 0 Å². The minimum atomic E-state index is 0.0773. The van der Waals surface area contributed by atoms with Crippen molar-refractivity contribution in [2.75, 3.05) is 19.6 Å². The van der Waals surface area contributed by atoms with Crippen molar-refractivity contribution < 1.29 is 4.79 Å². The minimum absolute atomic E-state index is 0.0773. The van der Waals surface area contributed by atoms with E-state index in [1.165, 1.54) is 45.2 Å². The lowest BCUT2D eigenvalue weighted by Crippen LogP contribution is -2.51. The number of benzene rings is 1. The molecule has 0 bridgehead atoms. The van der Waals surface area contributed by atoms with Gasteiger partial charge in [0.15, 0.2) is 0 Å². The van der Waals surface area contributed by atoms with Crippen molar-refractivity contribution in [2.24, 2.45) is 5.92 Å². The lowest BCUT2D eigenvalue weighted by atomic mass is 9.83. The summed E-state index contributed by atoms with van der Waals surface area (Å²) in [6.07, 6.45) is 8.52. The monoisotopic (exact) mass is 353 g/mol. The zero-order valence-electron chi connectivity index (χ0n) is 16.1. The zero-order chi connectivity index (χ0) is 18.1. The number of para-hydroxylation sites is 1. The Bertz CT molecular complexity index is 777. The van der Waals surface area contributed by atoms with Crippen LogP contribution in [0, 0.1) is 5.92 Å². The molecule has 0 radical (unpaired) electrons. The van der Waals surface area contributed by atoms with Crippen molar-refractivity contribution in [1.82, 2.24) is 14.8 Å². The van der Waals surface area contributed by atoms with Gasteiger partial charge < -0.3 is 14.8 Å². The van der Waals surface area contributed by atoms with E-state index in [0.717, 1.165) is 23.0 Å². The number of rotatable bonds is 4. The van der Waals surface area contributed by atoms with Crippen LogP contribution in [0.2, 0.25) is 0 Å². The molecular weight excluding hydrogens is 322 g/mol. The quantitative estimate of drug-likeness (QED) is 0.894. The Morgan fingerprint density at radius 1 is 1.15 bits per heavy atom. The van der Waals surface area contributed by atoms with E-state index >= 15 is 0 Å². The smallest absolute Gasteiger partial charge is 0.253 e. The summed E-state index contributed by atoms with van der Waals surface area (Å²) in [7, 11) is 0. The number of fused-ring (bicyclic) bond motifs is 2. The molecule has 2 atom stereocenters. The van der Waals surface area contributed by atoms with E-state index in [4.69, 9.17) is 0 Å². The second-order valence-corrected chi connectivity index (χ2v) is 8.27. The molecule has 3 heterocycles. The molecule has 1 N–H and O–H groups in total. The molecule has 1 amide bonds. The first-order chi connectivity index (χ1) is 12.6.